The third-order valence-corrected chi connectivity index (χ3v) is 4.57. The lowest BCUT2D eigenvalue weighted by Crippen LogP contribution is -2.49. The Morgan fingerprint density at radius 3 is 2.24 bits per heavy atom. The smallest absolute Gasteiger partial charge is 0.410 e. The van der Waals surface area contributed by atoms with Gasteiger partial charge in [0.15, 0.2) is 0 Å². The van der Waals surface area contributed by atoms with Gasteiger partial charge in [-0.05, 0) is 59.6 Å². The molecule has 0 saturated heterocycles. The minimum atomic E-state index is -0.965. The first-order chi connectivity index (χ1) is 11.3. The summed E-state index contributed by atoms with van der Waals surface area (Å²) >= 11 is 0. The van der Waals surface area contributed by atoms with Gasteiger partial charge in [-0.2, -0.15) is 0 Å². The fraction of sp³-hybridized carbons (Fsp3) is 0.632. The van der Waals surface area contributed by atoms with E-state index in [1.54, 1.807) is 26.2 Å². The molecule has 1 amide bonds. The standard InChI is InChI=1S/C19H29BNO4/c1-17(2,3)24-16(22)21-11-13-8-9-15(10-14(13)12-21)20-25-19(6,7)18(4,5)23/h8-10,23H,11-12H2,1-7H3. The molecule has 0 atom stereocenters. The van der Waals surface area contributed by atoms with Crippen LogP contribution in [0.3, 0.4) is 0 Å². The van der Waals surface area contributed by atoms with Gasteiger partial charge in [-0.1, -0.05) is 23.7 Å². The highest BCUT2D eigenvalue weighted by molar-refractivity contribution is 6.47. The summed E-state index contributed by atoms with van der Waals surface area (Å²) < 4.78 is 11.2. The number of aliphatic hydroxyl groups is 1. The summed E-state index contributed by atoms with van der Waals surface area (Å²) in [6.45, 7) is 13.8. The number of hydrogen-bond acceptors (Lipinski definition) is 4. The Kier molecular flexibility index (Phi) is 5.27. The van der Waals surface area contributed by atoms with E-state index < -0.39 is 16.8 Å². The van der Waals surface area contributed by atoms with Crippen molar-refractivity contribution in [1.29, 1.82) is 0 Å². The number of rotatable bonds is 4. The maximum atomic E-state index is 12.2. The van der Waals surface area contributed by atoms with Gasteiger partial charge in [0.1, 0.15) is 5.60 Å². The van der Waals surface area contributed by atoms with Gasteiger partial charge < -0.3 is 14.5 Å². The first kappa shape index (κ1) is 19.8. The molecule has 1 aliphatic heterocycles. The van der Waals surface area contributed by atoms with E-state index in [1.807, 2.05) is 52.8 Å². The molecule has 1 heterocycles. The van der Waals surface area contributed by atoms with Crippen LogP contribution in [0.2, 0.25) is 0 Å². The topological polar surface area (TPSA) is 59.0 Å². The molecule has 137 valence electrons. The highest BCUT2D eigenvalue weighted by atomic mass is 16.6. The molecular formula is C19H29BNO4. The Balaban J connectivity index is 2.02. The normalized spacial score (nSPS) is 15.1. The van der Waals surface area contributed by atoms with Gasteiger partial charge in [-0.15, -0.1) is 0 Å². The van der Waals surface area contributed by atoms with Crippen LogP contribution in [0.4, 0.5) is 4.79 Å². The van der Waals surface area contributed by atoms with Gasteiger partial charge in [0, 0.05) is 13.1 Å². The van der Waals surface area contributed by atoms with E-state index in [4.69, 9.17) is 9.39 Å². The lowest BCUT2D eigenvalue weighted by Gasteiger charge is -2.37. The zero-order valence-corrected chi connectivity index (χ0v) is 16.3. The quantitative estimate of drug-likeness (QED) is 0.852. The molecule has 0 unspecified atom stereocenters. The van der Waals surface area contributed by atoms with Gasteiger partial charge >= 0.3 is 13.6 Å². The van der Waals surface area contributed by atoms with E-state index in [0.29, 0.717) is 13.1 Å². The molecule has 0 aromatic heterocycles. The van der Waals surface area contributed by atoms with E-state index >= 15 is 0 Å². The van der Waals surface area contributed by atoms with Crippen LogP contribution in [0.25, 0.3) is 0 Å². The van der Waals surface area contributed by atoms with Crippen LogP contribution in [0.5, 0.6) is 0 Å². The molecular weight excluding hydrogens is 317 g/mol. The highest BCUT2D eigenvalue weighted by Gasteiger charge is 2.36. The van der Waals surface area contributed by atoms with E-state index in [-0.39, 0.29) is 6.09 Å². The van der Waals surface area contributed by atoms with Gasteiger partial charge in [0.25, 0.3) is 0 Å². The second kappa shape index (κ2) is 6.65. The van der Waals surface area contributed by atoms with E-state index in [1.165, 1.54) is 0 Å². The van der Waals surface area contributed by atoms with Crippen LogP contribution in [-0.2, 0) is 22.5 Å². The van der Waals surface area contributed by atoms with Gasteiger partial charge in [-0.25, -0.2) is 4.79 Å². The van der Waals surface area contributed by atoms with Gasteiger partial charge in [0.2, 0.25) is 0 Å². The average Bonchev–Trinajstić information content (AvgIpc) is 2.85. The Bertz CT molecular complexity index is 644. The number of ether oxygens (including phenoxy) is 1. The van der Waals surface area contributed by atoms with Gasteiger partial charge in [0.05, 0.1) is 11.2 Å². The molecule has 0 saturated carbocycles. The van der Waals surface area contributed by atoms with Crippen LogP contribution in [0.15, 0.2) is 18.2 Å². The second-order valence-corrected chi connectivity index (χ2v) is 8.67. The molecule has 1 aliphatic rings. The summed E-state index contributed by atoms with van der Waals surface area (Å²) in [5.41, 5.74) is 0.931. The van der Waals surface area contributed by atoms with Crippen LogP contribution < -0.4 is 5.46 Å². The van der Waals surface area contributed by atoms with E-state index in [2.05, 4.69) is 0 Å². The molecule has 2 rings (SSSR count). The van der Waals surface area contributed by atoms with Crippen LogP contribution in [-0.4, -0.2) is 40.4 Å². The third-order valence-electron chi connectivity index (χ3n) is 4.57. The summed E-state index contributed by atoms with van der Waals surface area (Å²) in [5, 5.41) is 10.2. The first-order valence-corrected chi connectivity index (χ1v) is 8.62. The van der Waals surface area contributed by atoms with Crippen molar-refractivity contribution >= 4 is 19.0 Å². The molecule has 1 N–H and O–H groups in total. The number of benzene rings is 1. The number of amides is 1. The SMILES string of the molecule is CC(C)(C)OC(=O)N1Cc2ccc([B]OC(C)(C)C(C)(C)O)cc2C1. The molecule has 1 radical (unpaired) electrons. The fourth-order valence-electron chi connectivity index (χ4n) is 2.30. The predicted molar refractivity (Wildman–Crippen MR) is 98.8 cm³/mol. The van der Waals surface area contributed by atoms with Crippen molar-refractivity contribution in [3.63, 3.8) is 0 Å². The zero-order valence-electron chi connectivity index (χ0n) is 16.3. The Labute approximate surface area is 151 Å². The zero-order chi connectivity index (χ0) is 19.0. The van der Waals surface area contributed by atoms with E-state index in [0.717, 1.165) is 16.6 Å². The minimum Gasteiger partial charge on any atom is -0.444 e. The van der Waals surface area contributed by atoms with Crippen molar-refractivity contribution in [2.75, 3.05) is 0 Å². The van der Waals surface area contributed by atoms with Crippen LogP contribution >= 0.6 is 0 Å². The molecule has 1 aromatic carbocycles. The predicted octanol–water partition coefficient (Wildman–Crippen LogP) is 2.75. The maximum absolute atomic E-state index is 12.2. The molecule has 1 aromatic rings. The van der Waals surface area contributed by atoms with Crippen molar-refractivity contribution < 1.29 is 19.3 Å². The summed E-state index contributed by atoms with van der Waals surface area (Å²) in [7, 11) is 1.66. The lowest BCUT2D eigenvalue weighted by atomic mass is 9.82. The molecule has 5 nitrogen and oxygen atoms in total. The molecule has 0 fully saturated rings. The summed E-state index contributed by atoms with van der Waals surface area (Å²) in [6.07, 6.45) is -0.298. The summed E-state index contributed by atoms with van der Waals surface area (Å²) in [6, 6.07) is 5.98. The van der Waals surface area contributed by atoms with Crippen molar-refractivity contribution in [2.24, 2.45) is 0 Å². The first-order valence-electron chi connectivity index (χ1n) is 8.62. The average molecular weight is 346 g/mol. The fourth-order valence-corrected chi connectivity index (χ4v) is 2.30. The lowest BCUT2D eigenvalue weighted by molar-refractivity contribution is -0.0893. The number of carbonyl (C=O) groups is 1. The van der Waals surface area contributed by atoms with E-state index in [9.17, 15) is 9.90 Å². The number of nitrogens with zero attached hydrogens (tertiary/aromatic N) is 1. The molecule has 6 heteroatoms. The van der Waals surface area contributed by atoms with Crippen molar-refractivity contribution in [3.8, 4) is 0 Å². The van der Waals surface area contributed by atoms with Gasteiger partial charge in [-0.3, -0.25) is 4.90 Å². The Hall–Kier alpha value is -1.53. The molecule has 25 heavy (non-hydrogen) atoms. The van der Waals surface area contributed by atoms with Crippen LogP contribution in [0.1, 0.15) is 59.6 Å². The number of carbonyl (C=O) groups excluding carboxylic acids is 1. The Morgan fingerprint density at radius 2 is 1.68 bits per heavy atom. The van der Waals surface area contributed by atoms with Crippen LogP contribution in [0, 0.1) is 0 Å². The number of hydrogen-bond donors (Lipinski definition) is 1. The Morgan fingerprint density at radius 1 is 1.08 bits per heavy atom. The summed E-state index contributed by atoms with van der Waals surface area (Å²) in [5.74, 6) is 0. The van der Waals surface area contributed by atoms with Crippen molar-refractivity contribution in [2.45, 2.75) is 78.4 Å². The highest BCUT2D eigenvalue weighted by Crippen LogP contribution is 2.26. The minimum absolute atomic E-state index is 0.298. The maximum Gasteiger partial charge on any atom is 0.410 e. The third kappa shape index (κ3) is 4.99. The van der Waals surface area contributed by atoms with Crippen molar-refractivity contribution in [3.05, 3.63) is 29.3 Å². The largest absolute Gasteiger partial charge is 0.444 e. The van der Waals surface area contributed by atoms with Crippen molar-refractivity contribution in [1.82, 2.24) is 4.90 Å². The number of fused-ring (bicyclic) bond motifs is 1. The molecule has 0 aliphatic carbocycles. The summed E-state index contributed by atoms with van der Waals surface area (Å²) in [4.78, 5) is 13.9. The molecule has 0 spiro atoms. The second-order valence-electron chi connectivity index (χ2n) is 8.67. The monoisotopic (exact) mass is 346 g/mol. The molecule has 0 bridgehead atoms.